The lowest BCUT2D eigenvalue weighted by atomic mass is 10.1. The monoisotopic (exact) mass is 427 g/mol. The molecule has 162 valence electrons. The van der Waals surface area contributed by atoms with E-state index in [1.54, 1.807) is 0 Å². The lowest BCUT2D eigenvalue weighted by Crippen LogP contribution is -2.31. The summed E-state index contributed by atoms with van der Waals surface area (Å²) in [5.74, 6) is -2.31. The SMILES string of the molecule is CCCN(Cc1cc(C(=O)NCc2ccc(C)cc2)no1)C(=O)c1cc(F)cc(F)c1. The van der Waals surface area contributed by atoms with Crippen molar-refractivity contribution in [1.29, 1.82) is 0 Å². The van der Waals surface area contributed by atoms with Crippen LogP contribution in [0.15, 0.2) is 53.1 Å². The molecule has 0 atom stereocenters. The molecule has 1 N–H and O–H groups in total. The Morgan fingerprint density at radius 1 is 1.06 bits per heavy atom. The van der Waals surface area contributed by atoms with E-state index in [-0.39, 0.29) is 17.8 Å². The van der Waals surface area contributed by atoms with Gasteiger partial charge in [0.2, 0.25) is 0 Å². The molecule has 0 saturated carbocycles. The van der Waals surface area contributed by atoms with Crippen LogP contribution in [-0.2, 0) is 13.1 Å². The Bertz CT molecular complexity index is 1040. The highest BCUT2D eigenvalue weighted by molar-refractivity contribution is 5.94. The number of amides is 2. The molecule has 2 aromatic carbocycles. The van der Waals surface area contributed by atoms with Crippen molar-refractivity contribution in [3.8, 4) is 0 Å². The molecule has 0 aliphatic rings. The molecule has 3 rings (SSSR count). The van der Waals surface area contributed by atoms with Crippen LogP contribution in [-0.4, -0.2) is 28.4 Å². The van der Waals surface area contributed by atoms with Crippen LogP contribution in [0.3, 0.4) is 0 Å². The van der Waals surface area contributed by atoms with E-state index in [2.05, 4.69) is 10.5 Å². The van der Waals surface area contributed by atoms with Crippen molar-refractivity contribution < 1.29 is 22.9 Å². The molecule has 0 fully saturated rings. The molecular weight excluding hydrogens is 404 g/mol. The molecule has 0 bridgehead atoms. The molecule has 0 aliphatic carbocycles. The van der Waals surface area contributed by atoms with Crippen LogP contribution in [0, 0.1) is 18.6 Å². The highest BCUT2D eigenvalue weighted by Gasteiger charge is 2.20. The van der Waals surface area contributed by atoms with Gasteiger partial charge in [0.25, 0.3) is 11.8 Å². The largest absolute Gasteiger partial charge is 0.359 e. The quantitative estimate of drug-likeness (QED) is 0.583. The van der Waals surface area contributed by atoms with Gasteiger partial charge in [0, 0.05) is 30.8 Å². The Morgan fingerprint density at radius 2 is 1.74 bits per heavy atom. The summed E-state index contributed by atoms with van der Waals surface area (Å²) >= 11 is 0. The smallest absolute Gasteiger partial charge is 0.273 e. The Kier molecular flexibility index (Phi) is 7.12. The lowest BCUT2D eigenvalue weighted by Gasteiger charge is -2.20. The molecule has 3 aromatic rings. The second-order valence-corrected chi connectivity index (χ2v) is 7.23. The zero-order chi connectivity index (χ0) is 22.4. The highest BCUT2D eigenvalue weighted by atomic mass is 19.1. The zero-order valence-electron chi connectivity index (χ0n) is 17.3. The molecule has 0 unspecified atom stereocenters. The van der Waals surface area contributed by atoms with E-state index in [1.165, 1.54) is 11.0 Å². The van der Waals surface area contributed by atoms with Gasteiger partial charge in [-0.1, -0.05) is 41.9 Å². The predicted octanol–water partition coefficient (Wildman–Crippen LogP) is 4.24. The minimum absolute atomic E-state index is 0.0169. The molecule has 0 radical (unpaired) electrons. The third kappa shape index (κ3) is 5.97. The minimum Gasteiger partial charge on any atom is -0.359 e. The van der Waals surface area contributed by atoms with Crippen molar-refractivity contribution in [3.05, 3.63) is 88.3 Å². The summed E-state index contributed by atoms with van der Waals surface area (Å²) in [6, 6.07) is 11.9. The van der Waals surface area contributed by atoms with Gasteiger partial charge in [0.15, 0.2) is 11.5 Å². The molecule has 0 spiro atoms. The number of aromatic nitrogens is 1. The number of carbonyl (C=O) groups is 2. The Hall–Kier alpha value is -3.55. The Balaban J connectivity index is 1.65. The van der Waals surface area contributed by atoms with Gasteiger partial charge in [-0.15, -0.1) is 0 Å². The summed E-state index contributed by atoms with van der Waals surface area (Å²) < 4.78 is 32.2. The molecule has 1 aromatic heterocycles. The van der Waals surface area contributed by atoms with E-state index in [0.29, 0.717) is 31.3 Å². The van der Waals surface area contributed by atoms with Gasteiger partial charge in [0.1, 0.15) is 11.6 Å². The number of nitrogens with one attached hydrogen (secondary N) is 1. The summed E-state index contributed by atoms with van der Waals surface area (Å²) in [6.07, 6.45) is 0.627. The van der Waals surface area contributed by atoms with Crippen molar-refractivity contribution in [2.45, 2.75) is 33.4 Å². The van der Waals surface area contributed by atoms with Gasteiger partial charge in [-0.2, -0.15) is 0 Å². The van der Waals surface area contributed by atoms with Crippen LogP contribution >= 0.6 is 0 Å². The fourth-order valence-corrected chi connectivity index (χ4v) is 3.04. The van der Waals surface area contributed by atoms with Crippen molar-refractivity contribution in [1.82, 2.24) is 15.4 Å². The van der Waals surface area contributed by atoms with Gasteiger partial charge in [-0.05, 0) is 31.0 Å². The second kappa shape index (κ2) is 9.97. The van der Waals surface area contributed by atoms with Gasteiger partial charge < -0.3 is 14.7 Å². The number of nitrogens with zero attached hydrogens (tertiary/aromatic N) is 2. The minimum atomic E-state index is -0.827. The topological polar surface area (TPSA) is 75.4 Å². The highest BCUT2D eigenvalue weighted by Crippen LogP contribution is 2.15. The summed E-state index contributed by atoms with van der Waals surface area (Å²) in [6.45, 7) is 4.55. The standard InChI is InChI=1S/C23H23F2N3O3/c1-3-8-28(23(30)17-9-18(24)11-19(25)10-17)14-20-12-21(27-31-20)22(29)26-13-16-6-4-15(2)5-7-16/h4-7,9-12H,3,8,13-14H2,1-2H3,(H,26,29). The summed E-state index contributed by atoms with van der Waals surface area (Å²) in [7, 11) is 0. The van der Waals surface area contributed by atoms with E-state index in [9.17, 15) is 18.4 Å². The van der Waals surface area contributed by atoms with Crippen LogP contribution in [0.2, 0.25) is 0 Å². The first-order chi connectivity index (χ1) is 14.9. The maximum absolute atomic E-state index is 13.5. The molecule has 1 heterocycles. The van der Waals surface area contributed by atoms with Crippen LogP contribution in [0.25, 0.3) is 0 Å². The summed E-state index contributed by atoms with van der Waals surface area (Å²) in [5, 5.41) is 6.53. The Labute approximate surface area is 178 Å². The normalized spacial score (nSPS) is 10.7. The van der Waals surface area contributed by atoms with E-state index < -0.39 is 23.4 Å². The van der Waals surface area contributed by atoms with Crippen LogP contribution in [0.5, 0.6) is 0 Å². The van der Waals surface area contributed by atoms with Crippen LogP contribution in [0.1, 0.15) is 51.1 Å². The number of benzene rings is 2. The van der Waals surface area contributed by atoms with Crippen LogP contribution < -0.4 is 5.32 Å². The van der Waals surface area contributed by atoms with E-state index >= 15 is 0 Å². The summed E-state index contributed by atoms with van der Waals surface area (Å²) in [4.78, 5) is 26.5. The van der Waals surface area contributed by atoms with Gasteiger partial charge in [0.05, 0.1) is 6.54 Å². The number of carbonyl (C=O) groups excluding carboxylic acids is 2. The fourth-order valence-electron chi connectivity index (χ4n) is 3.04. The third-order valence-electron chi connectivity index (χ3n) is 4.60. The van der Waals surface area contributed by atoms with Crippen molar-refractivity contribution in [2.75, 3.05) is 6.54 Å². The zero-order valence-corrected chi connectivity index (χ0v) is 17.3. The molecule has 8 heteroatoms. The number of hydrogen-bond acceptors (Lipinski definition) is 4. The molecule has 2 amide bonds. The second-order valence-electron chi connectivity index (χ2n) is 7.23. The molecule has 6 nitrogen and oxygen atoms in total. The maximum atomic E-state index is 13.5. The first kappa shape index (κ1) is 22.1. The lowest BCUT2D eigenvalue weighted by molar-refractivity contribution is 0.0726. The van der Waals surface area contributed by atoms with E-state index in [1.807, 2.05) is 38.1 Å². The Morgan fingerprint density at radius 3 is 2.39 bits per heavy atom. The van der Waals surface area contributed by atoms with Crippen molar-refractivity contribution >= 4 is 11.8 Å². The molecular formula is C23H23F2N3O3. The number of halogens is 2. The average Bonchev–Trinajstić information content (AvgIpc) is 3.20. The predicted molar refractivity (Wildman–Crippen MR) is 110 cm³/mol. The van der Waals surface area contributed by atoms with Gasteiger partial charge in [-0.3, -0.25) is 9.59 Å². The van der Waals surface area contributed by atoms with Crippen molar-refractivity contribution in [3.63, 3.8) is 0 Å². The van der Waals surface area contributed by atoms with Gasteiger partial charge in [-0.25, -0.2) is 8.78 Å². The maximum Gasteiger partial charge on any atom is 0.273 e. The van der Waals surface area contributed by atoms with E-state index in [0.717, 1.165) is 23.3 Å². The van der Waals surface area contributed by atoms with Crippen molar-refractivity contribution in [2.24, 2.45) is 0 Å². The van der Waals surface area contributed by atoms with Gasteiger partial charge >= 0.3 is 0 Å². The van der Waals surface area contributed by atoms with Crippen LogP contribution in [0.4, 0.5) is 8.78 Å². The fraction of sp³-hybridized carbons (Fsp3) is 0.261. The third-order valence-corrected chi connectivity index (χ3v) is 4.60. The molecule has 0 aliphatic heterocycles. The number of rotatable bonds is 8. The first-order valence-electron chi connectivity index (χ1n) is 9.90. The summed E-state index contributed by atoms with van der Waals surface area (Å²) in [5.41, 5.74) is 2.07. The van der Waals surface area contributed by atoms with E-state index in [4.69, 9.17) is 4.52 Å². The molecule has 31 heavy (non-hydrogen) atoms. The number of aryl methyl sites for hydroxylation is 1. The molecule has 0 saturated heterocycles. The first-order valence-corrected chi connectivity index (χ1v) is 9.90. The average molecular weight is 427 g/mol. The number of hydrogen-bond donors (Lipinski definition) is 1.